The van der Waals surface area contributed by atoms with Crippen molar-refractivity contribution in [1.82, 2.24) is 9.55 Å². The van der Waals surface area contributed by atoms with Crippen LogP contribution in [-0.4, -0.2) is 22.1 Å². The van der Waals surface area contributed by atoms with E-state index in [0.29, 0.717) is 11.5 Å². The van der Waals surface area contributed by atoms with Crippen LogP contribution in [0.5, 0.6) is 0 Å². The smallest absolute Gasteiger partial charge is 0.325 e. The Morgan fingerprint density at radius 2 is 2.07 bits per heavy atom. The minimum Gasteiger partial charge on any atom is -0.465 e. The molecule has 4 rings (SSSR count). The van der Waals surface area contributed by atoms with E-state index in [-0.39, 0.29) is 12.5 Å². The summed E-state index contributed by atoms with van der Waals surface area (Å²) in [7, 11) is 0. The van der Waals surface area contributed by atoms with Gasteiger partial charge in [-0.25, -0.2) is 4.98 Å². The van der Waals surface area contributed by atoms with Crippen molar-refractivity contribution in [3.8, 4) is 6.07 Å². The molecule has 4 aromatic rings. The normalized spacial score (nSPS) is 11.7. The van der Waals surface area contributed by atoms with Crippen LogP contribution in [0.25, 0.3) is 27.2 Å². The molecule has 7 heteroatoms. The molecule has 0 N–H and O–H groups in total. The van der Waals surface area contributed by atoms with E-state index < -0.39 is 0 Å². The number of ether oxygens (including phenoxy) is 1. The summed E-state index contributed by atoms with van der Waals surface area (Å²) in [4.78, 5) is 17.1. The SMILES string of the molecule is CCOC(=O)Cn1cc(C=C(C#N)Sc2nc3ccccc3s2)c2ccccc21. The van der Waals surface area contributed by atoms with Gasteiger partial charge in [0.05, 0.1) is 21.7 Å². The number of thioether (sulfide) groups is 1. The monoisotopic (exact) mass is 419 g/mol. The van der Waals surface area contributed by atoms with Crippen LogP contribution in [-0.2, 0) is 16.1 Å². The molecule has 5 nitrogen and oxygen atoms in total. The minimum absolute atomic E-state index is 0.134. The molecule has 0 aliphatic carbocycles. The summed E-state index contributed by atoms with van der Waals surface area (Å²) in [6.07, 6.45) is 3.73. The molecule has 2 heterocycles. The number of hydrogen-bond donors (Lipinski definition) is 0. The van der Waals surface area contributed by atoms with Gasteiger partial charge in [-0.05, 0) is 43.0 Å². The average molecular weight is 420 g/mol. The van der Waals surface area contributed by atoms with Gasteiger partial charge in [-0.15, -0.1) is 11.3 Å². The van der Waals surface area contributed by atoms with Gasteiger partial charge < -0.3 is 9.30 Å². The van der Waals surface area contributed by atoms with Crippen LogP contribution in [0.1, 0.15) is 12.5 Å². The third-order valence-electron chi connectivity index (χ3n) is 4.29. The van der Waals surface area contributed by atoms with E-state index in [0.717, 1.165) is 31.0 Å². The van der Waals surface area contributed by atoms with E-state index in [2.05, 4.69) is 11.1 Å². The number of nitrogens with zero attached hydrogens (tertiary/aromatic N) is 3. The Kier molecular flexibility index (Phi) is 5.65. The Bertz CT molecular complexity index is 1230. The molecule has 0 aliphatic rings. The molecular weight excluding hydrogens is 402 g/mol. The lowest BCUT2D eigenvalue weighted by atomic mass is 10.1. The Hall–Kier alpha value is -3.08. The van der Waals surface area contributed by atoms with Crippen molar-refractivity contribution in [2.75, 3.05) is 6.61 Å². The molecule has 0 amide bonds. The standard InChI is InChI=1S/C22H17N3O2S2/c1-2-27-21(26)14-25-13-15(17-7-3-5-9-19(17)25)11-16(12-23)28-22-24-18-8-4-6-10-20(18)29-22/h3-11,13H,2,14H2,1H3. The van der Waals surface area contributed by atoms with Crippen molar-refractivity contribution in [3.63, 3.8) is 0 Å². The van der Waals surface area contributed by atoms with Crippen molar-refractivity contribution >= 4 is 56.3 Å². The first-order valence-electron chi connectivity index (χ1n) is 9.06. The highest BCUT2D eigenvalue weighted by molar-refractivity contribution is 8.05. The van der Waals surface area contributed by atoms with Crippen molar-refractivity contribution in [3.05, 3.63) is 65.2 Å². The lowest BCUT2D eigenvalue weighted by molar-refractivity contribution is -0.143. The maximum absolute atomic E-state index is 11.9. The molecule has 0 atom stereocenters. The molecule has 0 saturated carbocycles. The molecule has 144 valence electrons. The van der Waals surface area contributed by atoms with E-state index in [1.54, 1.807) is 18.3 Å². The molecule has 0 unspecified atom stereocenters. The summed E-state index contributed by atoms with van der Waals surface area (Å²) >= 11 is 2.92. The predicted molar refractivity (Wildman–Crippen MR) is 118 cm³/mol. The maximum Gasteiger partial charge on any atom is 0.325 e. The zero-order valence-electron chi connectivity index (χ0n) is 15.7. The summed E-state index contributed by atoms with van der Waals surface area (Å²) in [5, 5.41) is 10.7. The molecule has 0 radical (unpaired) electrons. The molecule has 0 saturated heterocycles. The van der Waals surface area contributed by atoms with Gasteiger partial charge in [0.25, 0.3) is 0 Å². The van der Waals surface area contributed by atoms with Gasteiger partial charge in [-0.1, -0.05) is 30.3 Å². The van der Waals surface area contributed by atoms with Crippen LogP contribution in [0.3, 0.4) is 0 Å². The Balaban J connectivity index is 1.68. The van der Waals surface area contributed by atoms with Gasteiger partial charge in [0.1, 0.15) is 12.6 Å². The van der Waals surface area contributed by atoms with E-state index in [1.807, 2.05) is 65.4 Å². The molecule has 0 spiro atoms. The van der Waals surface area contributed by atoms with E-state index >= 15 is 0 Å². The second-order valence-corrected chi connectivity index (χ2v) is 8.52. The van der Waals surface area contributed by atoms with Crippen LogP contribution >= 0.6 is 23.1 Å². The lowest BCUT2D eigenvalue weighted by Crippen LogP contribution is -2.12. The van der Waals surface area contributed by atoms with Crippen LogP contribution in [0.2, 0.25) is 0 Å². The molecule has 2 aromatic heterocycles. The number of benzene rings is 2. The first-order valence-corrected chi connectivity index (χ1v) is 10.7. The summed E-state index contributed by atoms with van der Waals surface area (Å²) in [5.74, 6) is -0.284. The molecule has 0 aliphatic heterocycles. The number of rotatable bonds is 6. The highest BCUT2D eigenvalue weighted by Crippen LogP contribution is 2.35. The summed E-state index contributed by atoms with van der Waals surface area (Å²) in [6, 6.07) is 18.0. The van der Waals surface area contributed by atoms with Gasteiger partial charge in [0.2, 0.25) is 0 Å². The van der Waals surface area contributed by atoms with Gasteiger partial charge in [-0.2, -0.15) is 5.26 Å². The molecular formula is C22H17N3O2S2. The number of carbonyl (C=O) groups is 1. The number of para-hydroxylation sites is 2. The van der Waals surface area contributed by atoms with Gasteiger partial charge >= 0.3 is 5.97 Å². The van der Waals surface area contributed by atoms with E-state index in [4.69, 9.17) is 4.74 Å². The average Bonchev–Trinajstić information content (AvgIpc) is 3.29. The first kappa shape index (κ1) is 19.2. The Morgan fingerprint density at radius 1 is 1.28 bits per heavy atom. The van der Waals surface area contributed by atoms with Crippen LogP contribution < -0.4 is 0 Å². The van der Waals surface area contributed by atoms with Gasteiger partial charge in [0.15, 0.2) is 4.34 Å². The lowest BCUT2D eigenvalue weighted by Gasteiger charge is -2.04. The fraction of sp³-hybridized carbons (Fsp3) is 0.136. The van der Waals surface area contributed by atoms with Crippen LogP contribution in [0, 0.1) is 11.3 Å². The zero-order valence-corrected chi connectivity index (χ0v) is 17.3. The van der Waals surface area contributed by atoms with Crippen LogP contribution in [0.15, 0.2) is 64.0 Å². The van der Waals surface area contributed by atoms with Gasteiger partial charge in [0, 0.05) is 22.7 Å². The highest BCUT2D eigenvalue weighted by Gasteiger charge is 2.12. The minimum atomic E-state index is -0.284. The summed E-state index contributed by atoms with van der Waals surface area (Å²) in [6.45, 7) is 2.27. The molecule has 2 aromatic carbocycles. The highest BCUT2D eigenvalue weighted by atomic mass is 32.2. The number of hydrogen-bond acceptors (Lipinski definition) is 6. The number of fused-ring (bicyclic) bond motifs is 2. The quantitative estimate of drug-likeness (QED) is 0.235. The number of carbonyl (C=O) groups excluding carboxylic acids is 1. The van der Waals surface area contributed by atoms with Crippen molar-refractivity contribution in [2.45, 2.75) is 17.8 Å². The fourth-order valence-corrected chi connectivity index (χ4v) is 5.05. The number of thiazole rings is 1. The number of nitriles is 1. The summed E-state index contributed by atoms with van der Waals surface area (Å²) in [5.41, 5.74) is 2.74. The molecule has 29 heavy (non-hydrogen) atoms. The Morgan fingerprint density at radius 3 is 2.86 bits per heavy atom. The van der Waals surface area contributed by atoms with Crippen LogP contribution in [0.4, 0.5) is 0 Å². The Labute approximate surface area is 176 Å². The third kappa shape index (κ3) is 4.19. The van der Waals surface area contributed by atoms with Crippen molar-refractivity contribution in [1.29, 1.82) is 5.26 Å². The topological polar surface area (TPSA) is 67.9 Å². The second kappa shape index (κ2) is 8.52. The maximum atomic E-state index is 11.9. The van der Waals surface area contributed by atoms with E-state index in [1.165, 1.54) is 11.8 Å². The number of allylic oxidation sites excluding steroid dienone is 1. The molecule has 0 fully saturated rings. The van der Waals surface area contributed by atoms with Crippen molar-refractivity contribution < 1.29 is 9.53 Å². The van der Waals surface area contributed by atoms with Crippen molar-refractivity contribution in [2.24, 2.45) is 0 Å². The second-order valence-electron chi connectivity index (χ2n) is 6.20. The number of aromatic nitrogens is 2. The molecule has 0 bridgehead atoms. The predicted octanol–water partition coefficient (Wildman–Crippen LogP) is 5.47. The number of esters is 1. The largest absolute Gasteiger partial charge is 0.465 e. The summed E-state index contributed by atoms with van der Waals surface area (Å²) < 4.78 is 8.86. The van der Waals surface area contributed by atoms with E-state index in [9.17, 15) is 10.1 Å². The first-order chi connectivity index (χ1) is 14.2. The van der Waals surface area contributed by atoms with Gasteiger partial charge in [-0.3, -0.25) is 4.79 Å². The zero-order chi connectivity index (χ0) is 20.2. The fourth-order valence-electron chi connectivity index (χ4n) is 3.08. The third-order valence-corrected chi connectivity index (χ3v) is 6.32.